The van der Waals surface area contributed by atoms with Crippen molar-refractivity contribution in [1.29, 1.82) is 0 Å². The second kappa shape index (κ2) is 11.9. The van der Waals surface area contributed by atoms with E-state index >= 15 is 0 Å². The van der Waals surface area contributed by atoms with Crippen LogP contribution in [-0.4, -0.2) is 16.5 Å². The number of allylic oxidation sites excluding steroid dienone is 4. The van der Waals surface area contributed by atoms with Gasteiger partial charge in [0.2, 0.25) is 0 Å². The number of benzene rings is 6. The van der Waals surface area contributed by atoms with E-state index in [1.165, 1.54) is 49.7 Å². The molecular weight excluding hydrogens is 583 g/mol. The van der Waals surface area contributed by atoms with Crippen LogP contribution in [0.4, 0.5) is 5.69 Å². The van der Waals surface area contributed by atoms with Crippen LogP contribution in [0.15, 0.2) is 158 Å². The molecule has 7 aromatic rings. The molecule has 3 heteroatoms. The summed E-state index contributed by atoms with van der Waals surface area (Å²) in [5.74, 6) is 0.872. The van der Waals surface area contributed by atoms with Crippen LogP contribution in [0.5, 0.6) is 0 Å². The lowest BCUT2D eigenvalue weighted by Gasteiger charge is -2.20. The van der Waals surface area contributed by atoms with E-state index in [-0.39, 0.29) is 5.92 Å². The zero-order valence-electron chi connectivity index (χ0n) is 26.5. The van der Waals surface area contributed by atoms with Gasteiger partial charge < -0.3 is 5.32 Å². The smallest absolute Gasteiger partial charge is 0.160 e. The molecule has 0 saturated carbocycles. The van der Waals surface area contributed by atoms with Crippen molar-refractivity contribution in [1.82, 2.24) is 9.97 Å². The molecular formula is C45H33N3. The highest BCUT2D eigenvalue weighted by molar-refractivity contribution is 6.13. The Morgan fingerprint density at radius 3 is 2.17 bits per heavy atom. The van der Waals surface area contributed by atoms with Gasteiger partial charge in [-0.3, -0.25) is 0 Å². The summed E-state index contributed by atoms with van der Waals surface area (Å²) in [6.45, 7) is 0.872. The molecule has 1 N–H and O–H groups in total. The van der Waals surface area contributed by atoms with Crippen molar-refractivity contribution < 1.29 is 0 Å². The average Bonchev–Trinajstić information content (AvgIpc) is 3.17. The van der Waals surface area contributed by atoms with Crippen LogP contribution in [0.25, 0.3) is 67.0 Å². The molecule has 3 nitrogen and oxygen atoms in total. The van der Waals surface area contributed by atoms with Crippen LogP contribution in [0.3, 0.4) is 0 Å². The van der Waals surface area contributed by atoms with E-state index in [2.05, 4.69) is 169 Å². The van der Waals surface area contributed by atoms with Crippen molar-refractivity contribution in [3.05, 3.63) is 175 Å². The zero-order chi connectivity index (χ0) is 31.9. The van der Waals surface area contributed by atoms with Gasteiger partial charge in [0.1, 0.15) is 0 Å². The van der Waals surface area contributed by atoms with Gasteiger partial charge >= 0.3 is 0 Å². The first kappa shape index (κ1) is 28.2. The van der Waals surface area contributed by atoms with E-state index in [1.807, 2.05) is 0 Å². The number of aromatic nitrogens is 2. The Labute approximate surface area is 280 Å². The summed E-state index contributed by atoms with van der Waals surface area (Å²) in [6, 6.07) is 47.6. The quantitative estimate of drug-likeness (QED) is 0.196. The van der Waals surface area contributed by atoms with Gasteiger partial charge in [0.15, 0.2) is 5.82 Å². The number of nitrogens with zero attached hydrogens (tertiary/aromatic N) is 2. The summed E-state index contributed by atoms with van der Waals surface area (Å²) in [4.78, 5) is 10.7. The van der Waals surface area contributed by atoms with Crippen molar-refractivity contribution in [3.8, 4) is 33.8 Å². The predicted octanol–water partition coefficient (Wildman–Crippen LogP) is 11.3. The van der Waals surface area contributed by atoms with E-state index in [9.17, 15) is 0 Å². The van der Waals surface area contributed by atoms with Crippen LogP contribution in [0.2, 0.25) is 0 Å². The molecule has 2 heterocycles. The zero-order valence-corrected chi connectivity index (χ0v) is 26.5. The first-order valence-electron chi connectivity index (χ1n) is 16.7. The minimum absolute atomic E-state index is 0.116. The predicted molar refractivity (Wildman–Crippen MR) is 202 cm³/mol. The lowest BCUT2D eigenvalue weighted by Crippen LogP contribution is -2.06. The third-order valence-electron chi connectivity index (χ3n) is 9.58. The summed E-state index contributed by atoms with van der Waals surface area (Å²) in [5.41, 5.74) is 11.3. The fourth-order valence-electron chi connectivity index (χ4n) is 7.10. The fraction of sp³-hybridized carbons (Fsp3) is 0.0667. The molecule has 2 aliphatic rings. The van der Waals surface area contributed by atoms with Gasteiger partial charge in [0, 0.05) is 29.3 Å². The molecule has 0 spiro atoms. The highest BCUT2D eigenvalue weighted by Crippen LogP contribution is 2.38. The van der Waals surface area contributed by atoms with Crippen LogP contribution in [0.1, 0.15) is 29.2 Å². The summed E-state index contributed by atoms with van der Waals surface area (Å²) in [5, 5.41) is 8.27. The largest absolute Gasteiger partial charge is 0.381 e. The lowest BCUT2D eigenvalue weighted by atomic mass is 9.88. The van der Waals surface area contributed by atoms with Gasteiger partial charge in [0.25, 0.3) is 0 Å². The van der Waals surface area contributed by atoms with Gasteiger partial charge in [-0.15, -0.1) is 0 Å². The molecule has 9 rings (SSSR count). The Morgan fingerprint density at radius 2 is 1.29 bits per heavy atom. The fourth-order valence-corrected chi connectivity index (χ4v) is 7.10. The molecule has 1 atom stereocenters. The summed E-state index contributed by atoms with van der Waals surface area (Å²) in [6.07, 6.45) is 12.2. The number of hydrogen-bond acceptors (Lipinski definition) is 3. The SMILES string of the molecule is C1=Cc2cc(C3=CC(c4cc(-c5ccc(-c6ccccc6)cc5)nc(-c5cc6ccccc6c6ccccc56)n4)CC=C3)ccc2NC1. The summed E-state index contributed by atoms with van der Waals surface area (Å²) >= 11 is 0. The molecule has 1 aliphatic heterocycles. The molecule has 6 aromatic carbocycles. The van der Waals surface area contributed by atoms with Crippen molar-refractivity contribution in [2.45, 2.75) is 12.3 Å². The number of hydrogen-bond donors (Lipinski definition) is 1. The Morgan fingerprint density at radius 1 is 0.562 bits per heavy atom. The van der Waals surface area contributed by atoms with Crippen LogP contribution >= 0.6 is 0 Å². The maximum Gasteiger partial charge on any atom is 0.160 e. The Bertz CT molecular complexity index is 2420. The number of nitrogens with one attached hydrogen (secondary N) is 1. The molecule has 48 heavy (non-hydrogen) atoms. The normalized spacial score (nSPS) is 15.2. The highest BCUT2D eigenvalue weighted by Gasteiger charge is 2.20. The summed E-state index contributed by atoms with van der Waals surface area (Å²) in [7, 11) is 0. The molecule has 0 amide bonds. The Kier molecular flexibility index (Phi) is 7.01. The van der Waals surface area contributed by atoms with Gasteiger partial charge in [-0.2, -0.15) is 0 Å². The number of anilines is 1. The first-order chi connectivity index (χ1) is 23.8. The average molecular weight is 616 g/mol. The van der Waals surface area contributed by atoms with Crippen molar-refractivity contribution in [2.75, 3.05) is 11.9 Å². The van der Waals surface area contributed by atoms with Crippen molar-refractivity contribution >= 4 is 38.9 Å². The molecule has 1 unspecified atom stereocenters. The third-order valence-corrected chi connectivity index (χ3v) is 9.58. The van der Waals surface area contributed by atoms with E-state index in [4.69, 9.17) is 9.97 Å². The second-order valence-electron chi connectivity index (χ2n) is 12.6. The van der Waals surface area contributed by atoms with Gasteiger partial charge in [-0.25, -0.2) is 9.97 Å². The molecule has 0 saturated heterocycles. The number of rotatable bonds is 5. The Hall–Kier alpha value is -6.06. The van der Waals surface area contributed by atoms with Crippen LogP contribution in [-0.2, 0) is 0 Å². The van der Waals surface area contributed by atoms with Crippen LogP contribution in [0, 0.1) is 0 Å². The molecule has 0 radical (unpaired) electrons. The van der Waals surface area contributed by atoms with E-state index in [0.29, 0.717) is 0 Å². The Balaban J connectivity index is 1.19. The van der Waals surface area contributed by atoms with Crippen molar-refractivity contribution in [3.63, 3.8) is 0 Å². The maximum atomic E-state index is 5.36. The molecule has 1 aliphatic carbocycles. The minimum Gasteiger partial charge on any atom is -0.381 e. The van der Waals surface area contributed by atoms with Gasteiger partial charge in [-0.1, -0.05) is 140 Å². The number of fused-ring (bicyclic) bond motifs is 4. The molecule has 0 fully saturated rings. The molecule has 0 bridgehead atoms. The standard InChI is InChI=1S/C45H33N3/c1-2-10-30(11-3-1)31-19-21-32(22-20-31)43-29-44(37-14-8-13-33(26-37)34-23-24-42-36(27-34)15-9-25-46-42)48-45(47-43)41-28-35-12-4-5-16-38(35)39-17-6-7-18-40(39)41/h1-13,15-24,26-29,37,46H,14,25H2. The monoisotopic (exact) mass is 615 g/mol. The first-order valence-corrected chi connectivity index (χ1v) is 16.7. The van der Waals surface area contributed by atoms with E-state index < -0.39 is 0 Å². The molecule has 1 aromatic heterocycles. The topological polar surface area (TPSA) is 37.8 Å². The van der Waals surface area contributed by atoms with Crippen molar-refractivity contribution in [2.24, 2.45) is 0 Å². The van der Waals surface area contributed by atoms with Gasteiger partial charge in [0.05, 0.1) is 11.4 Å². The van der Waals surface area contributed by atoms with Gasteiger partial charge in [-0.05, 0) is 80.1 Å². The summed E-state index contributed by atoms with van der Waals surface area (Å²) < 4.78 is 0. The van der Waals surface area contributed by atoms with E-state index in [1.54, 1.807) is 0 Å². The lowest BCUT2D eigenvalue weighted by molar-refractivity contribution is 0.814. The highest BCUT2D eigenvalue weighted by atomic mass is 14.9. The van der Waals surface area contributed by atoms with Crippen LogP contribution < -0.4 is 5.32 Å². The maximum absolute atomic E-state index is 5.36. The molecule has 228 valence electrons. The second-order valence-corrected chi connectivity index (χ2v) is 12.6. The minimum atomic E-state index is 0.116. The third kappa shape index (κ3) is 5.20. The van der Waals surface area contributed by atoms with E-state index in [0.717, 1.165) is 46.7 Å².